The van der Waals surface area contributed by atoms with Crippen molar-refractivity contribution in [2.75, 3.05) is 5.43 Å². The van der Waals surface area contributed by atoms with E-state index in [1.54, 1.807) is 0 Å². The van der Waals surface area contributed by atoms with Crippen LogP contribution in [-0.2, 0) is 6.42 Å². The normalized spacial score (nSPS) is 17.8. The van der Waals surface area contributed by atoms with Crippen molar-refractivity contribution in [2.24, 2.45) is 0 Å². The molecule has 1 heterocycles. The first-order valence-corrected chi connectivity index (χ1v) is 6.66. The van der Waals surface area contributed by atoms with Gasteiger partial charge in [0.1, 0.15) is 0 Å². The van der Waals surface area contributed by atoms with Crippen LogP contribution >= 0.6 is 0 Å². The fourth-order valence-corrected chi connectivity index (χ4v) is 2.88. The lowest BCUT2D eigenvalue weighted by Gasteiger charge is -2.20. The third kappa shape index (κ3) is 1.82. The van der Waals surface area contributed by atoms with Crippen molar-refractivity contribution in [1.29, 1.82) is 0 Å². The summed E-state index contributed by atoms with van der Waals surface area (Å²) in [5.41, 5.74) is 10.5. The summed E-state index contributed by atoms with van der Waals surface area (Å²) in [6, 6.07) is 11.6. The van der Waals surface area contributed by atoms with Crippen LogP contribution in [0.5, 0.6) is 0 Å². The van der Waals surface area contributed by atoms with Crippen molar-refractivity contribution in [3.8, 4) is 0 Å². The van der Waals surface area contributed by atoms with E-state index in [4.69, 9.17) is 0 Å². The maximum atomic E-state index is 3.66. The van der Waals surface area contributed by atoms with Gasteiger partial charge in [-0.15, -0.1) is 0 Å². The Labute approximate surface area is 109 Å². The highest BCUT2D eigenvalue weighted by Crippen LogP contribution is 2.32. The van der Waals surface area contributed by atoms with Crippen molar-refractivity contribution >= 4 is 0 Å². The lowest BCUT2D eigenvalue weighted by Crippen LogP contribution is -2.21. The first-order valence-electron chi connectivity index (χ1n) is 6.66. The van der Waals surface area contributed by atoms with E-state index in [9.17, 15) is 0 Å². The number of fused-ring (bicyclic) bond motifs is 1. The van der Waals surface area contributed by atoms with Crippen molar-refractivity contribution in [2.45, 2.75) is 39.7 Å². The molecule has 94 valence electrons. The van der Waals surface area contributed by atoms with Gasteiger partial charge in [0.15, 0.2) is 0 Å². The number of nitrogens with one attached hydrogen (secondary N) is 1. The lowest BCUT2D eigenvalue weighted by molar-refractivity contribution is 0.647. The largest absolute Gasteiger partial charge is 0.318 e. The van der Waals surface area contributed by atoms with Crippen LogP contribution in [0, 0.1) is 20.8 Å². The van der Waals surface area contributed by atoms with E-state index in [2.05, 4.69) is 61.2 Å². The predicted molar refractivity (Wildman–Crippen MR) is 75.5 cm³/mol. The van der Waals surface area contributed by atoms with Crippen LogP contribution in [0.3, 0.4) is 0 Å². The third-order valence-electron chi connectivity index (χ3n) is 3.94. The zero-order valence-corrected chi connectivity index (χ0v) is 11.3. The average Bonchev–Trinajstić information content (AvgIpc) is 2.88. The number of rotatable bonds is 2. The summed E-state index contributed by atoms with van der Waals surface area (Å²) < 4.78 is 2.21. The lowest BCUT2D eigenvalue weighted by atomic mass is 10.1. The molecule has 0 bridgehead atoms. The molecule has 0 saturated heterocycles. The fourth-order valence-electron chi connectivity index (χ4n) is 2.88. The van der Waals surface area contributed by atoms with E-state index >= 15 is 0 Å². The van der Waals surface area contributed by atoms with Gasteiger partial charge >= 0.3 is 0 Å². The van der Waals surface area contributed by atoms with Crippen LogP contribution in [0.15, 0.2) is 30.3 Å². The zero-order chi connectivity index (χ0) is 12.7. The fraction of sp³-hybridized carbons (Fsp3) is 0.375. The SMILES string of the molecule is Cc1ccc2c(c1)C(Nn1c(C)ccc1C)CC2. The van der Waals surface area contributed by atoms with Gasteiger partial charge in [0.2, 0.25) is 0 Å². The van der Waals surface area contributed by atoms with Gasteiger partial charge in [0, 0.05) is 11.4 Å². The first-order chi connectivity index (χ1) is 8.65. The third-order valence-corrected chi connectivity index (χ3v) is 3.94. The molecule has 1 N–H and O–H groups in total. The summed E-state index contributed by atoms with van der Waals surface area (Å²) in [5.74, 6) is 0. The minimum absolute atomic E-state index is 0.449. The summed E-state index contributed by atoms with van der Waals surface area (Å²) >= 11 is 0. The molecule has 1 aromatic heterocycles. The van der Waals surface area contributed by atoms with E-state index in [0.717, 1.165) is 0 Å². The Bertz CT molecular complexity index is 561. The van der Waals surface area contributed by atoms with Crippen molar-refractivity contribution in [3.63, 3.8) is 0 Å². The summed E-state index contributed by atoms with van der Waals surface area (Å²) in [4.78, 5) is 0. The van der Waals surface area contributed by atoms with Gasteiger partial charge < -0.3 is 5.43 Å². The maximum absolute atomic E-state index is 3.66. The number of aryl methyl sites for hydroxylation is 4. The van der Waals surface area contributed by atoms with E-state index in [0.29, 0.717) is 6.04 Å². The molecule has 2 heteroatoms. The molecule has 0 saturated carbocycles. The topological polar surface area (TPSA) is 17.0 Å². The summed E-state index contributed by atoms with van der Waals surface area (Å²) in [6.45, 7) is 6.46. The number of hydrogen-bond donors (Lipinski definition) is 1. The van der Waals surface area contributed by atoms with Crippen LogP contribution in [-0.4, -0.2) is 4.68 Å². The molecule has 1 aromatic carbocycles. The highest BCUT2D eigenvalue weighted by Gasteiger charge is 2.22. The Morgan fingerprint density at radius 2 is 1.78 bits per heavy atom. The van der Waals surface area contributed by atoms with Gasteiger partial charge in [-0.25, -0.2) is 0 Å². The van der Waals surface area contributed by atoms with Gasteiger partial charge in [-0.2, -0.15) is 0 Å². The second-order valence-corrected chi connectivity index (χ2v) is 5.37. The van der Waals surface area contributed by atoms with Gasteiger partial charge in [-0.1, -0.05) is 23.8 Å². The Hall–Kier alpha value is -1.70. The Kier molecular flexibility index (Phi) is 2.66. The smallest absolute Gasteiger partial charge is 0.0679 e. The predicted octanol–water partition coefficient (Wildman–Crippen LogP) is 3.64. The van der Waals surface area contributed by atoms with E-state index < -0.39 is 0 Å². The van der Waals surface area contributed by atoms with Gasteiger partial charge in [-0.05, 0) is 56.9 Å². The van der Waals surface area contributed by atoms with Crippen LogP contribution in [0.25, 0.3) is 0 Å². The van der Waals surface area contributed by atoms with Crippen LogP contribution in [0.2, 0.25) is 0 Å². The Morgan fingerprint density at radius 1 is 1.06 bits per heavy atom. The molecule has 1 aliphatic rings. The molecule has 1 aliphatic carbocycles. The quantitative estimate of drug-likeness (QED) is 0.848. The Morgan fingerprint density at radius 3 is 2.50 bits per heavy atom. The molecular formula is C16H20N2. The number of benzene rings is 1. The molecule has 0 radical (unpaired) electrons. The Balaban J connectivity index is 1.91. The number of nitrogens with zero attached hydrogens (tertiary/aromatic N) is 1. The molecule has 0 amide bonds. The highest BCUT2D eigenvalue weighted by atomic mass is 15.4. The molecule has 3 rings (SSSR count). The second-order valence-electron chi connectivity index (χ2n) is 5.37. The van der Waals surface area contributed by atoms with Crippen LogP contribution in [0.4, 0.5) is 0 Å². The van der Waals surface area contributed by atoms with Gasteiger partial charge in [-0.3, -0.25) is 4.68 Å². The number of hydrogen-bond acceptors (Lipinski definition) is 1. The maximum Gasteiger partial charge on any atom is 0.0679 e. The van der Waals surface area contributed by atoms with E-state index in [-0.39, 0.29) is 0 Å². The van der Waals surface area contributed by atoms with Crippen molar-refractivity contribution in [3.05, 3.63) is 58.4 Å². The summed E-state index contributed by atoms with van der Waals surface area (Å²) in [5, 5.41) is 0. The molecule has 1 unspecified atom stereocenters. The van der Waals surface area contributed by atoms with E-state index in [1.807, 2.05) is 0 Å². The first kappa shape index (κ1) is 11.4. The van der Waals surface area contributed by atoms with Crippen molar-refractivity contribution < 1.29 is 0 Å². The second kappa shape index (κ2) is 4.20. The molecule has 0 spiro atoms. The molecule has 18 heavy (non-hydrogen) atoms. The van der Waals surface area contributed by atoms with Crippen molar-refractivity contribution in [1.82, 2.24) is 4.68 Å². The molecular weight excluding hydrogens is 220 g/mol. The standard InChI is InChI=1S/C16H20N2/c1-11-4-7-14-8-9-16(15(14)10-11)17-18-12(2)5-6-13(18)3/h4-7,10,16-17H,8-9H2,1-3H3. The minimum Gasteiger partial charge on any atom is -0.318 e. The molecule has 2 nitrogen and oxygen atoms in total. The van der Waals surface area contributed by atoms with Crippen LogP contribution < -0.4 is 5.43 Å². The highest BCUT2D eigenvalue weighted by molar-refractivity contribution is 5.39. The minimum atomic E-state index is 0.449. The average molecular weight is 240 g/mol. The van der Waals surface area contributed by atoms with Gasteiger partial charge in [0.05, 0.1) is 6.04 Å². The number of aromatic nitrogens is 1. The molecule has 1 atom stereocenters. The monoisotopic (exact) mass is 240 g/mol. The molecule has 2 aromatic rings. The summed E-state index contributed by atoms with van der Waals surface area (Å²) in [7, 11) is 0. The zero-order valence-electron chi connectivity index (χ0n) is 11.3. The molecule has 0 fully saturated rings. The van der Waals surface area contributed by atoms with E-state index in [1.165, 1.54) is 40.9 Å². The van der Waals surface area contributed by atoms with Gasteiger partial charge in [0.25, 0.3) is 0 Å². The van der Waals surface area contributed by atoms with Crippen LogP contribution in [0.1, 0.15) is 40.5 Å². The summed E-state index contributed by atoms with van der Waals surface area (Å²) in [6.07, 6.45) is 2.38. The molecule has 0 aliphatic heterocycles.